The Hall–Kier alpha value is -2.89. The standard InChI is InChI=1S/C28H37N5/c1-5-33(32-20-18-31(4)19-21-32)27-9-7-6-8-26(27)28(2,22-24-10-14-29-15-11-24)23-25-12-16-30(3)17-13-25/h5-16H,1,17-23H2,2-4H3. The summed E-state index contributed by atoms with van der Waals surface area (Å²) >= 11 is 0. The molecule has 1 atom stereocenters. The predicted molar refractivity (Wildman–Crippen MR) is 138 cm³/mol. The van der Waals surface area contributed by atoms with E-state index in [0.717, 1.165) is 45.6 Å². The van der Waals surface area contributed by atoms with Crippen molar-refractivity contribution in [3.8, 4) is 0 Å². The maximum absolute atomic E-state index is 4.24. The number of para-hydroxylation sites is 1. The Kier molecular flexibility index (Phi) is 7.31. The Labute approximate surface area is 199 Å². The average molecular weight is 444 g/mol. The quantitative estimate of drug-likeness (QED) is 0.600. The van der Waals surface area contributed by atoms with Gasteiger partial charge >= 0.3 is 0 Å². The topological polar surface area (TPSA) is 25.9 Å². The average Bonchev–Trinajstić information content (AvgIpc) is 2.83. The Morgan fingerprint density at radius 2 is 1.76 bits per heavy atom. The first-order valence-electron chi connectivity index (χ1n) is 11.9. The van der Waals surface area contributed by atoms with Crippen LogP contribution >= 0.6 is 0 Å². The lowest BCUT2D eigenvalue weighted by atomic mass is 9.72. The van der Waals surface area contributed by atoms with E-state index >= 15 is 0 Å². The largest absolute Gasteiger partial charge is 0.377 e. The highest BCUT2D eigenvalue weighted by Crippen LogP contribution is 2.41. The number of rotatable bonds is 8. The van der Waals surface area contributed by atoms with Gasteiger partial charge in [-0.1, -0.05) is 37.8 Å². The lowest BCUT2D eigenvalue weighted by molar-refractivity contribution is 0.153. The highest BCUT2D eigenvalue weighted by atomic mass is 15.6. The van der Waals surface area contributed by atoms with Gasteiger partial charge < -0.3 is 9.80 Å². The van der Waals surface area contributed by atoms with Crippen LogP contribution in [-0.2, 0) is 11.8 Å². The Bertz CT molecular complexity index is 990. The molecule has 0 spiro atoms. The molecule has 1 fully saturated rings. The summed E-state index contributed by atoms with van der Waals surface area (Å²) in [6.07, 6.45) is 14.5. The minimum absolute atomic E-state index is 0.0854. The molecule has 174 valence electrons. The van der Waals surface area contributed by atoms with Gasteiger partial charge in [0.25, 0.3) is 0 Å². The third kappa shape index (κ3) is 5.55. The minimum Gasteiger partial charge on any atom is -0.377 e. The molecule has 0 radical (unpaired) electrons. The summed E-state index contributed by atoms with van der Waals surface area (Å²) < 4.78 is 0. The van der Waals surface area contributed by atoms with Gasteiger partial charge in [0, 0.05) is 63.8 Å². The van der Waals surface area contributed by atoms with Crippen LogP contribution in [0.15, 0.2) is 85.5 Å². The van der Waals surface area contributed by atoms with Crippen molar-refractivity contribution in [2.75, 3.05) is 51.8 Å². The smallest absolute Gasteiger partial charge is 0.0610 e. The normalized spacial score (nSPS) is 19.1. The number of hydrogen-bond acceptors (Lipinski definition) is 5. The van der Waals surface area contributed by atoms with E-state index in [1.807, 2.05) is 18.6 Å². The summed E-state index contributed by atoms with van der Waals surface area (Å²) in [4.78, 5) is 8.84. The van der Waals surface area contributed by atoms with Crippen LogP contribution in [0.25, 0.3) is 0 Å². The molecule has 0 bridgehead atoms. The van der Waals surface area contributed by atoms with Crippen LogP contribution in [0.2, 0.25) is 0 Å². The molecule has 4 rings (SSSR count). The van der Waals surface area contributed by atoms with E-state index in [4.69, 9.17) is 0 Å². The molecule has 0 aliphatic carbocycles. The lowest BCUT2D eigenvalue weighted by Gasteiger charge is -2.42. The Morgan fingerprint density at radius 1 is 1.03 bits per heavy atom. The van der Waals surface area contributed by atoms with Crippen molar-refractivity contribution in [1.82, 2.24) is 19.8 Å². The molecule has 2 aromatic rings. The number of anilines is 1. The van der Waals surface area contributed by atoms with E-state index in [0.29, 0.717) is 0 Å². The molecule has 2 aliphatic rings. The predicted octanol–water partition coefficient (Wildman–Crippen LogP) is 4.47. The molecule has 2 aliphatic heterocycles. The summed E-state index contributed by atoms with van der Waals surface area (Å²) in [5, 5.41) is 4.71. The van der Waals surface area contributed by atoms with Gasteiger partial charge in [0.05, 0.1) is 5.69 Å². The van der Waals surface area contributed by atoms with Gasteiger partial charge in [-0.3, -0.25) is 9.99 Å². The first-order valence-corrected chi connectivity index (χ1v) is 11.9. The van der Waals surface area contributed by atoms with Crippen LogP contribution in [0.1, 0.15) is 24.5 Å². The summed E-state index contributed by atoms with van der Waals surface area (Å²) in [6, 6.07) is 13.2. The maximum Gasteiger partial charge on any atom is 0.0610 e. The molecule has 1 unspecified atom stereocenters. The first-order chi connectivity index (χ1) is 16.0. The Balaban J connectivity index is 1.72. The van der Waals surface area contributed by atoms with E-state index in [-0.39, 0.29) is 5.41 Å². The fraction of sp³-hybridized carbons (Fsp3) is 0.393. The highest BCUT2D eigenvalue weighted by molar-refractivity contribution is 5.58. The Morgan fingerprint density at radius 3 is 2.42 bits per heavy atom. The molecule has 33 heavy (non-hydrogen) atoms. The van der Waals surface area contributed by atoms with Crippen LogP contribution < -0.4 is 5.01 Å². The molecule has 5 heteroatoms. The van der Waals surface area contributed by atoms with E-state index < -0.39 is 0 Å². The van der Waals surface area contributed by atoms with Gasteiger partial charge in [-0.25, -0.2) is 5.01 Å². The third-order valence-electron chi connectivity index (χ3n) is 6.88. The maximum atomic E-state index is 4.24. The zero-order chi connectivity index (χ0) is 23.3. The number of pyridine rings is 1. The van der Waals surface area contributed by atoms with Gasteiger partial charge in [0.1, 0.15) is 0 Å². The van der Waals surface area contributed by atoms with Crippen molar-refractivity contribution in [3.05, 3.63) is 96.6 Å². The van der Waals surface area contributed by atoms with Crippen molar-refractivity contribution in [3.63, 3.8) is 0 Å². The number of hydrazine groups is 1. The first kappa shape index (κ1) is 23.3. The molecule has 1 saturated heterocycles. The highest BCUT2D eigenvalue weighted by Gasteiger charge is 2.33. The molecule has 5 nitrogen and oxygen atoms in total. The number of allylic oxidation sites excluding steroid dienone is 2. The van der Waals surface area contributed by atoms with Gasteiger partial charge in [-0.2, -0.15) is 0 Å². The molecule has 0 N–H and O–H groups in total. The van der Waals surface area contributed by atoms with E-state index in [9.17, 15) is 0 Å². The molecule has 1 aromatic carbocycles. The van der Waals surface area contributed by atoms with Gasteiger partial charge in [0.15, 0.2) is 0 Å². The summed E-state index contributed by atoms with van der Waals surface area (Å²) in [7, 11) is 4.31. The number of likely N-dealkylation sites (N-methyl/N-ethyl adjacent to an activating group) is 2. The van der Waals surface area contributed by atoms with Crippen molar-refractivity contribution >= 4 is 5.69 Å². The molecule has 0 saturated carbocycles. The minimum atomic E-state index is -0.0854. The van der Waals surface area contributed by atoms with Crippen LogP contribution in [0.5, 0.6) is 0 Å². The molecule has 0 amide bonds. The van der Waals surface area contributed by atoms with Gasteiger partial charge in [0.2, 0.25) is 0 Å². The number of nitrogens with zero attached hydrogens (tertiary/aromatic N) is 5. The zero-order valence-corrected chi connectivity index (χ0v) is 20.3. The number of benzene rings is 1. The van der Waals surface area contributed by atoms with Crippen molar-refractivity contribution in [1.29, 1.82) is 0 Å². The number of hydrogen-bond donors (Lipinski definition) is 0. The van der Waals surface area contributed by atoms with Crippen LogP contribution in [-0.4, -0.2) is 66.6 Å². The van der Waals surface area contributed by atoms with Gasteiger partial charge in [-0.05, 0) is 67.1 Å². The van der Waals surface area contributed by atoms with Crippen LogP contribution in [0, 0.1) is 0 Å². The molecular weight excluding hydrogens is 406 g/mol. The van der Waals surface area contributed by atoms with E-state index in [1.165, 1.54) is 22.4 Å². The van der Waals surface area contributed by atoms with Crippen molar-refractivity contribution in [2.45, 2.75) is 25.2 Å². The van der Waals surface area contributed by atoms with Crippen LogP contribution in [0.4, 0.5) is 5.69 Å². The van der Waals surface area contributed by atoms with Crippen molar-refractivity contribution < 1.29 is 0 Å². The van der Waals surface area contributed by atoms with Crippen molar-refractivity contribution in [2.24, 2.45) is 0 Å². The molecular formula is C28H37N5. The number of aromatic nitrogens is 1. The van der Waals surface area contributed by atoms with E-state index in [1.54, 1.807) is 0 Å². The second kappa shape index (κ2) is 10.4. The van der Waals surface area contributed by atoms with Gasteiger partial charge in [-0.15, -0.1) is 0 Å². The second-order valence-corrected chi connectivity index (χ2v) is 9.61. The van der Waals surface area contributed by atoms with E-state index in [2.05, 4.69) is 107 Å². The molecule has 1 aromatic heterocycles. The molecule has 3 heterocycles. The zero-order valence-electron chi connectivity index (χ0n) is 20.3. The van der Waals surface area contributed by atoms with Crippen LogP contribution in [0.3, 0.4) is 0 Å². The number of piperazine rings is 1. The summed E-state index contributed by atoms with van der Waals surface area (Å²) in [5.74, 6) is 0. The third-order valence-corrected chi connectivity index (χ3v) is 6.88. The summed E-state index contributed by atoms with van der Waals surface area (Å²) in [5.41, 5.74) is 5.20. The monoisotopic (exact) mass is 443 g/mol. The SMILES string of the molecule is C=CN(c1ccccc1C(C)(CC1=CCN(C)C=C1)Cc1ccncc1)N1CCN(C)CC1. The lowest BCUT2D eigenvalue weighted by Crippen LogP contribution is -2.51. The summed E-state index contributed by atoms with van der Waals surface area (Å²) in [6.45, 7) is 11.7. The second-order valence-electron chi connectivity index (χ2n) is 9.61. The fourth-order valence-corrected chi connectivity index (χ4v) is 4.96. The fourth-order valence-electron chi connectivity index (χ4n) is 4.96.